The first-order valence-electron chi connectivity index (χ1n) is 9.83. The Morgan fingerprint density at radius 1 is 1.31 bits per heavy atom. The van der Waals surface area contributed by atoms with Gasteiger partial charge in [0.2, 0.25) is 0 Å². The van der Waals surface area contributed by atoms with Crippen LogP contribution in [0.2, 0.25) is 0 Å². The van der Waals surface area contributed by atoms with Crippen molar-refractivity contribution < 1.29 is 0 Å². The summed E-state index contributed by atoms with van der Waals surface area (Å²) < 4.78 is 4.31. The third-order valence-electron chi connectivity index (χ3n) is 5.71. The predicted molar refractivity (Wildman–Crippen MR) is 118 cm³/mol. The second-order valence-electron chi connectivity index (χ2n) is 8.25. The van der Waals surface area contributed by atoms with Gasteiger partial charge >= 0.3 is 0 Å². The number of benzene rings is 1. The Bertz CT molecular complexity index is 1150. The molecule has 0 saturated carbocycles. The van der Waals surface area contributed by atoms with E-state index in [-0.39, 0.29) is 5.54 Å². The monoisotopic (exact) mass is 404 g/mol. The number of rotatable bonds is 3. The molecule has 4 rings (SSSR count). The molecule has 2 aromatic heterocycles. The predicted octanol–water partition coefficient (Wildman–Crippen LogP) is 6.40. The molecule has 1 aliphatic rings. The van der Waals surface area contributed by atoms with Crippen molar-refractivity contribution in [1.82, 2.24) is 9.36 Å². The van der Waals surface area contributed by atoms with Crippen LogP contribution in [0.1, 0.15) is 56.7 Å². The zero-order chi connectivity index (χ0) is 20.8. The molecule has 1 atom stereocenters. The largest absolute Gasteiger partial charge is 0.366 e. The highest BCUT2D eigenvalue weighted by Crippen LogP contribution is 2.45. The average Bonchev–Trinajstić information content (AvgIpc) is 3.08. The van der Waals surface area contributed by atoms with Gasteiger partial charge < -0.3 is 4.90 Å². The number of pyridine rings is 1. The van der Waals surface area contributed by atoms with E-state index in [1.807, 2.05) is 0 Å². The molecule has 0 saturated heterocycles. The van der Waals surface area contributed by atoms with Gasteiger partial charge in [0.05, 0.1) is 16.6 Å². The zero-order valence-electron chi connectivity index (χ0n) is 17.4. The highest BCUT2D eigenvalue weighted by molar-refractivity contribution is 7.11. The van der Waals surface area contributed by atoms with Gasteiger partial charge in [-0.05, 0) is 80.9 Å². The molecule has 7 heteroatoms. The molecule has 3 heterocycles. The van der Waals surface area contributed by atoms with Crippen LogP contribution < -0.4 is 4.90 Å². The van der Waals surface area contributed by atoms with E-state index in [1.165, 1.54) is 29.0 Å². The minimum atomic E-state index is 0.143. The maximum absolute atomic E-state index is 9.12. The van der Waals surface area contributed by atoms with Crippen LogP contribution in [0.4, 0.5) is 16.4 Å². The van der Waals surface area contributed by atoms with E-state index < -0.39 is 0 Å². The van der Waals surface area contributed by atoms with E-state index in [2.05, 4.69) is 77.3 Å². The lowest BCUT2D eigenvalue weighted by atomic mass is 9.79. The first kappa shape index (κ1) is 19.5. The van der Waals surface area contributed by atoms with Crippen molar-refractivity contribution >= 4 is 38.9 Å². The lowest BCUT2D eigenvalue weighted by Crippen LogP contribution is -2.48. The van der Waals surface area contributed by atoms with Crippen molar-refractivity contribution in [2.24, 2.45) is 10.2 Å². The van der Waals surface area contributed by atoms with E-state index in [1.54, 1.807) is 6.07 Å². The van der Waals surface area contributed by atoms with Crippen molar-refractivity contribution in [3.63, 3.8) is 0 Å². The second kappa shape index (κ2) is 7.20. The molecule has 0 N–H and O–H groups in total. The van der Waals surface area contributed by atoms with Gasteiger partial charge in [-0.15, -0.1) is 10.2 Å². The van der Waals surface area contributed by atoms with Crippen molar-refractivity contribution in [2.75, 3.05) is 11.4 Å². The third kappa shape index (κ3) is 3.38. The number of hydrogen-bond donors (Lipinski definition) is 0. The van der Waals surface area contributed by atoms with Gasteiger partial charge in [0.25, 0.3) is 0 Å². The summed E-state index contributed by atoms with van der Waals surface area (Å²) in [4.78, 5) is 6.70. The van der Waals surface area contributed by atoms with Crippen molar-refractivity contribution in [1.29, 1.82) is 5.26 Å². The maximum Gasteiger partial charge on any atom is 0.175 e. The molecule has 0 spiro atoms. The van der Waals surface area contributed by atoms with Crippen LogP contribution in [0, 0.1) is 18.3 Å². The maximum atomic E-state index is 9.12. The third-order valence-corrected chi connectivity index (χ3v) is 6.45. The summed E-state index contributed by atoms with van der Waals surface area (Å²) in [7, 11) is 0. The molecule has 0 amide bonds. The van der Waals surface area contributed by atoms with E-state index in [9.17, 15) is 0 Å². The van der Waals surface area contributed by atoms with Gasteiger partial charge in [0.15, 0.2) is 10.6 Å². The van der Waals surface area contributed by atoms with Crippen LogP contribution in [-0.4, -0.2) is 21.4 Å². The summed E-state index contributed by atoms with van der Waals surface area (Å²) in [6.07, 6.45) is 2.63. The van der Waals surface area contributed by atoms with E-state index in [4.69, 9.17) is 5.26 Å². The van der Waals surface area contributed by atoms with Crippen LogP contribution in [0.25, 0.3) is 11.0 Å². The highest BCUT2D eigenvalue weighted by atomic mass is 32.1. The molecule has 6 nitrogen and oxygen atoms in total. The number of anilines is 1. The Morgan fingerprint density at radius 3 is 2.83 bits per heavy atom. The highest BCUT2D eigenvalue weighted by Gasteiger charge is 2.35. The Morgan fingerprint density at radius 2 is 2.10 bits per heavy atom. The fourth-order valence-corrected chi connectivity index (χ4v) is 5.03. The quantitative estimate of drug-likeness (QED) is 0.473. The summed E-state index contributed by atoms with van der Waals surface area (Å²) in [5, 5.41) is 19.6. The van der Waals surface area contributed by atoms with E-state index >= 15 is 0 Å². The smallest absolute Gasteiger partial charge is 0.175 e. The molecule has 0 bridgehead atoms. The zero-order valence-corrected chi connectivity index (χ0v) is 18.2. The van der Waals surface area contributed by atoms with E-state index in [0.29, 0.717) is 22.1 Å². The van der Waals surface area contributed by atoms with Gasteiger partial charge in [0, 0.05) is 24.0 Å². The van der Waals surface area contributed by atoms with E-state index in [0.717, 1.165) is 29.6 Å². The number of hydrogen-bond acceptors (Lipinski definition) is 7. The average molecular weight is 405 g/mol. The Hall–Kier alpha value is -2.85. The van der Waals surface area contributed by atoms with Gasteiger partial charge in [-0.3, -0.25) is 0 Å². The Balaban J connectivity index is 1.74. The lowest BCUT2D eigenvalue weighted by Gasteiger charge is -2.47. The fraction of sp³-hybridized carbons (Fsp3) is 0.409. The SMILES string of the molecule is CCN1c2cc(C)c(N=Nc3snc4ncc(C#N)cc34)cc2C(C)CC1(C)C. The molecular weight excluding hydrogens is 380 g/mol. The minimum absolute atomic E-state index is 0.143. The van der Waals surface area contributed by atoms with Crippen LogP contribution in [-0.2, 0) is 0 Å². The first-order valence-corrected chi connectivity index (χ1v) is 10.6. The second-order valence-corrected chi connectivity index (χ2v) is 9.01. The Kier molecular flexibility index (Phi) is 4.83. The number of nitrogens with zero attached hydrogens (tertiary/aromatic N) is 6. The van der Waals surface area contributed by atoms with Gasteiger partial charge in [-0.1, -0.05) is 6.92 Å². The van der Waals surface area contributed by atoms with Crippen LogP contribution in [0.3, 0.4) is 0 Å². The molecule has 29 heavy (non-hydrogen) atoms. The number of aromatic nitrogens is 2. The molecule has 0 fully saturated rings. The topological polar surface area (TPSA) is 77.5 Å². The van der Waals surface area contributed by atoms with Crippen LogP contribution in [0.5, 0.6) is 0 Å². The molecule has 0 aliphatic carbocycles. The van der Waals surface area contributed by atoms with Crippen LogP contribution >= 0.6 is 11.5 Å². The number of nitriles is 1. The minimum Gasteiger partial charge on any atom is -0.366 e. The van der Waals surface area contributed by atoms with Crippen LogP contribution in [0.15, 0.2) is 34.6 Å². The normalized spacial score (nSPS) is 18.2. The van der Waals surface area contributed by atoms with Crippen molar-refractivity contribution in [3.05, 3.63) is 41.1 Å². The van der Waals surface area contributed by atoms with Crippen molar-refractivity contribution in [3.8, 4) is 6.07 Å². The van der Waals surface area contributed by atoms with Gasteiger partial charge in [-0.25, -0.2) is 4.98 Å². The summed E-state index contributed by atoms with van der Waals surface area (Å²) in [6, 6.07) is 8.30. The standard InChI is InChI=1S/C22H24N6S/c1-6-28-19-7-13(2)18(9-16(19)14(3)10-22(28,4)5)25-26-21-17-8-15(11-23)12-24-20(17)27-29-21/h7-9,12,14H,6,10H2,1-5H3. The summed E-state index contributed by atoms with van der Waals surface area (Å²) >= 11 is 1.25. The molecule has 0 radical (unpaired) electrons. The van der Waals surface area contributed by atoms with Gasteiger partial charge in [0.1, 0.15) is 6.07 Å². The van der Waals surface area contributed by atoms with Gasteiger partial charge in [-0.2, -0.15) is 9.64 Å². The Labute approximate surface area is 175 Å². The molecule has 148 valence electrons. The molecule has 1 unspecified atom stereocenters. The number of aryl methyl sites for hydroxylation is 1. The van der Waals surface area contributed by atoms with Crippen molar-refractivity contribution in [2.45, 2.75) is 52.5 Å². The number of fused-ring (bicyclic) bond motifs is 2. The fourth-order valence-electron chi connectivity index (χ4n) is 4.38. The molecule has 1 aliphatic heterocycles. The number of azo groups is 1. The lowest BCUT2D eigenvalue weighted by molar-refractivity contribution is 0.381. The summed E-state index contributed by atoms with van der Waals surface area (Å²) in [5.41, 5.74) is 5.84. The summed E-state index contributed by atoms with van der Waals surface area (Å²) in [5.74, 6) is 0.462. The molecule has 3 aromatic rings. The first-order chi connectivity index (χ1) is 13.8. The molecule has 1 aromatic carbocycles. The molecular formula is C22H24N6S. The summed E-state index contributed by atoms with van der Waals surface area (Å²) in [6.45, 7) is 12.2.